The van der Waals surface area contributed by atoms with Crippen LogP contribution in [0.1, 0.15) is 27.0 Å². The number of halogens is 1. The molecular weight excluding hydrogens is 538 g/mol. The van der Waals surface area contributed by atoms with Crippen molar-refractivity contribution in [3.63, 3.8) is 0 Å². The van der Waals surface area contributed by atoms with Gasteiger partial charge in [0.25, 0.3) is 17.7 Å². The van der Waals surface area contributed by atoms with Crippen LogP contribution in [0.25, 0.3) is 6.08 Å². The molecule has 1 fully saturated rings. The van der Waals surface area contributed by atoms with Crippen LogP contribution in [0.4, 0.5) is 16.2 Å². The van der Waals surface area contributed by atoms with E-state index in [-0.39, 0.29) is 40.1 Å². The van der Waals surface area contributed by atoms with Gasteiger partial charge in [-0.2, -0.15) is 0 Å². The number of rotatable bonds is 7. The van der Waals surface area contributed by atoms with Crippen LogP contribution in [0.15, 0.2) is 66.2 Å². The molecule has 1 aliphatic rings. The number of urea groups is 1. The minimum Gasteiger partial charge on any atom is -0.482 e. The fraction of sp³-hybridized carbons (Fsp3) is 0.138. The van der Waals surface area contributed by atoms with Gasteiger partial charge in [0.1, 0.15) is 11.3 Å². The van der Waals surface area contributed by atoms with E-state index in [0.29, 0.717) is 11.3 Å². The van der Waals surface area contributed by atoms with Crippen molar-refractivity contribution in [2.75, 3.05) is 23.9 Å². The number of hydrogen-bond acceptors (Lipinski definition) is 7. The number of nitrogens with zero attached hydrogens (tertiary/aromatic N) is 1. The van der Waals surface area contributed by atoms with E-state index in [9.17, 15) is 24.0 Å². The smallest absolute Gasteiger partial charge is 0.337 e. The second-order valence-corrected chi connectivity index (χ2v) is 9.23. The van der Waals surface area contributed by atoms with Crippen LogP contribution < -0.4 is 20.3 Å². The fourth-order valence-corrected chi connectivity index (χ4v) is 4.05. The Morgan fingerprint density at radius 2 is 1.70 bits per heavy atom. The molecule has 11 heteroatoms. The van der Waals surface area contributed by atoms with Gasteiger partial charge in [-0.25, -0.2) is 14.5 Å². The summed E-state index contributed by atoms with van der Waals surface area (Å²) in [6.45, 7) is 3.63. The first-order valence-corrected chi connectivity index (χ1v) is 12.3. The monoisotopic (exact) mass is 561 g/mol. The summed E-state index contributed by atoms with van der Waals surface area (Å²) in [5.74, 6) is -2.47. The summed E-state index contributed by atoms with van der Waals surface area (Å²) in [4.78, 5) is 62.8. The lowest BCUT2D eigenvalue weighted by Gasteiger charge is -2.26. The normalized spacial score (nSPS) is 14.2. The summed E-state index contributed by atoms with van der Waals surface area (Å²) in [5, 5.41) is 5.02. The zero-order valence-electron chi connectivity index (χ0n) is 21.7. The second-order valence-electron chi connectivity index (χ2n) is 8.82. The van der Waals surface area contributed by atoms with Gasteiger partial charge < -0.3 is 14.8 Å². The lowest BCUT2D eigenvalue weighted by atomic mass is 10.1. The molecule has 0 aliphatic carbocycles. The molecule has 1 saturated heterocycles. The standard InChI is InChI=1S/C29H24ClN3O7/c1-16-4-8-20(12-17(16)2)31-25(34)15-40-24-11-5-18(14-23(24)30)13-22-26(35)32-29(38)33(27(22)36)21-9-6-19(7-10-21)28(37)39-3/h4-14H,15H2,1-3H3,(H,31,34)(H,32,35,38)/b22-13-. The first-order valence-electron chi connectivity index (χ1n) is 12.0. The average Bonchev–Trinajstić information content (AvgIpc) is 2.92. The highest BCUT2D eigenvalue weighted by molar-refractivity contribution is 6.39. The maximum atomic E-state index is 13.1. The van der Waals surface area contributed by atoms with E-state index in [1.165, 1.54) is 49.6 Å². The quantitative estimate of drug-likeness (QED) is 0.248. The molecule has 0 unspecified atom stereocenters. The molecule has 4 rings (SSSR count). The van der Waals surface area contributed by atoms with Crippen molar-refractivity contribution in [1.29, 1.82) is 0 Å². The average molecular weight is 562 g/mol. The topological polar surface area (TPSA) is 131 Å². The van der Waals surface area contributed by atoms with Crippen LogP contribution in [-0.4, -0.2) is 43.4 Å². The van der Waals surface area contributed by atoms with E-state index in [2.05, 4.69) is 15.4 Å². The van der Waals surface area contributed by atoms with E-state index in [4.69, 9.17) is 16.3 Å². The Morgan fingerprint density at radius 1 is 0.975 bits per heavy atom. The van der Waals surface area contributed by atoms with Crippen molar-refractivity contribution < 1.29 is 33.4 Å². The number of aryl methyl sites for hydroxylation is 2. The SMILES string of the molecule is COC(=O)c1ccc(N2C(=O)NC(=O)/C(=C/c3ccc(OCC(=O)Nc4ccc(C)c(C)c4)c(Cl)c3)C2=O)cc1. The molecule has 1 heterocycles. The zero-order chi connectivity index (χ0) is 29.0. The van der Waals surface area contributed by atoms with Crippen LogP contribution in [-0.2, 0) is 19.1 Å². The highest BCUT2D eigenvalue weighted by atomic mass is 35.5. The third kappa shape index (κ3) is 6.19. The van der Waals surface area contributed by atoms with Crippen LogP contribution >= 0.6 is 11.6 Å². The van der Waals surface area contributed by atoms with Gasteiger partial charge in [-0.3, -0.25) is 19.7 Å². The number of carbonyl (C=O) groups is 5. The van der Waals surface area contributed by atoms with Gasteiger partial charge in [0.15, 0.2) is 6.61 Å². The van der Waals surface area contributed by atoms with Crippen molar-refractivity contribution in [2.24, 2.45) is 0 Å². The van der Waals surface area contributed by atoms with Gasteiger partial charge in [-0.05, 0) is 85.1 Å². The number of amides is 5. The van der Waals surface area contributed by atoms with E-state index in [1.807, 2.05) is 26.0 Å². The molecule has 0 aromatic heterocycles. The van der Waals surface area contributed by atoms with E-state index >= 15 is 0 Å². The van der Waals surface area contributed by atoms with E-state index < -0.39 is 23.8 Å². The lowest BCUT2D eigenvalue weighted by Crippen LogP contribution is -2.54. The van der Waals surface area contributed by atoms with Crippen LogP contribution in [0.2, 0.25) is 5.02 Å². The van der Waals surface area contributed by atoms with Gasteiger partial charge in [-0.1, -0.05) is 23.7 Å². The molecule has 40 heavy (non-hydrogen) atoms. The predicted octanol–water partition coefficient (Wildman–Crippen LogP) is 4.43. The van der Waals surface area contributed by atoms with E-state index in [1.54, 1.807) is 12.1 Å². The molecule has 0 spiro atoms. The van der Waals surface area contributed by atoms with E-state index in [0.717, 1.165) is 16.0 Å². The van der Waals surface area contributed by atoms with Gasteiger partial charge in [0.05, 0.1) is 23.4 Å². The molecule has 3 aromatic carbocycles. The molecule has 0 radical (unpaired) electrons. The highest BCUT2D eigenvalue weighted by Crippen LogP contribution is 2.28. The molecule has 204 valence electrons. The summed E-state index contributed by atoms with van der Waals surface area (Å²) >= 11 is 6.33. The molecule has 5 amide bonds. The third-order valence-electron chi connectivity index (χ3n) is 6.06. The minimum atomic E-state index is -0.932. The molecule has 0 atom stereocenters. The fourth-order valence-electron chi connectivity index (χ4n) is 3.81. The molecule has 3 aromatic rings. The Morgan fingerprint density at radius 3 is 2.35 bits per heavy atom. The Hall–Kier alpha value is -4.96. The third-order valence-corrected chi connectivity index (χ3v) is 6.36. The lowest BCUT2D eigenvalue weighted by molar-refractivity contribution is -0.122. The molecule has 2 N–H and O–H groups in total. The van der Waals surface area contributed by atoms with Crippen molar-refractivity contribution in [3.8, 4) is 5.75 Å². The summed E-state index contributed by atoms with van der Waals surface area (Å²) in [7, 11) is 1.23. The maximum Gasteiger partial charge on any atom is 0.337 e. The summed E-state index contributed by atoms with van der Waals surface area (Å²) in [6.07, 6.45) is 1.28. The van der Waals surface area contributed by atoms with Crippen LogP contribution in [0, 0.1) is 13.8 Å². The molecule has 10 nitrogen and oxygen atoms in total. The van der Waals surface area contributed by atoms with Crippen molar-refractivity contribution in [3.05, 3.63) is 93.5 Å². The van der Waals surface area contributed by atoms with Crippen molar-refractivity contribution in [1.82, 2.24) is 5.32 Å². The molecule has 0 saturated carbocycles. The minimum absolute atomic E-state index is 0.142. The number of methoxy groups -OCH3 is 1. The number of barbiturate groups is 1. The predicted molar refractivity (Wildman–Crippen MR) is 148 cm³/mol. The number of carbonyl (C=O) groups excluding carboxylic acids is 5. The number of esters is 1. The Kier molecular flexibility index (Phi) is 8.30. The second kappa shape index (κ2) is 11.8. The van der Waals surface area contributed by atoms with Gasteiger partial charge in [0, 0.05) is 5.69 Å². The van der Waals surface area contributed by atoms with Crippen LogP contribution in [0.5, 0.6) is 5.75 Å². The number of benzene rings is 3. The first kappa shape index (κ1) is 28.1. The molecule has 0 bridgehead atoms. The number of imide groups is 2. The number of ether oxygens (including phenoxy) is 2. The molecule has 1 aliphatic heterocycles. The largest absolute Gasteiger partial charge is 0.482 e. The number of anilines is 2. The van der Waals surface area contributed by atoms with Crippen molar-refractivity contribution in [2.45, 2.75) is 13.8 Å². The van der Waals surface area contributed by atoms with Crippen LogP contribution in [0.3, 0.4) is 0 Å². The summed E-state index contributed by atoms with van der Waals surface area (Å²) in [6, 6.07) is 14.7. The number of hydrogen-bond donors (Lipinski definition) is 2. The van der Waals surface area contributed by atoms with Gasteiger partial charge in [-0.15, -0.1) is 0 Å². The Labute approximate surface area is 234 Å². The zero-order valence-corrected chi connectivity index (χ0v) is 22.5. The Balaban J connectivity index is 1.47. The van der Waals surface area contributed by atoms with Crippen molar-refractivity contribution >= 4 is 58.8 Å². The van der Waals surface area contributed by atoms with Gasteiger partial charge in [0.2, 0.25) is 0 Å². The number of nitrogens with one attached hydrogen (secondary N) is 2. The first-order chi connectivity index (χ1) is 19.1. The molecular formula is C29H24ClN3O7. The maximum absolute atomic E-state index is 13.1. The summed E-state index contributed by atoms with van der Waals surface area (Å²) < 4.78 is 10.2. The van der Waals surface area contributed by atoms with Gasteiger partial charge >= 0.3 is 12.0 Å². The highest BCUT2D eigenvalue weighted by Gasteiger charge is 2.36. The summed E-state index contributed by atoms with van der Waals surface area (Å²) in [5.41, 5.74) is 3.24. The Bertz CT molecular complexity index is 1560.